The van der Waals surface area contributed by atoms with Crippen LogP contribution in [0, 0.1) is 0 Å². The summed E-state index contributed by atoms with van der Waals surface area (Å²) in [5.74, 6) is 0. The van der Waals surface area contributed by atoms with Gasteiger partial charge in [0.15, 0.2) is 0 Å². The molecule has 1 aliphatic rings. The van der Waals surface area contributed by atoms with Crippen molar-refractivity contribution in [3.8, 4) is 0 Å². The van der Waals surface area contributed by atoms with Gasteiger partial charge in [-0.25, -0.2) is 8.42 Å². The van der Waals surface area contributed by atoms with Gasteiger partial charge in [0.05, 0.1) is 10.0 Å². The van der Waals surface area contributed by atoms with Gasteiger partial charge in [0.25, 0.3) is 0 Å². The molecule has 0 heterocycles. The summed E-state index contributed by atoms with van der Waals surface area (Å²) in [4.78, 5) is 2.26. The maximum atomic E-state index is 12.7. The molecule has 1 aromatic carbocycles. The van der Waals surface area contributed by atoms with Gasteiger partial charge in [-0.2, -0.15) is 4.31 Å². The molecule has 23 heavy (non-hydrogen) atoms. The molecule has 1 aliphatic carbocycles. The minimum absolute atomic E-state index is 0.00819. The van der Waals surface area contributed by atoms with Crippen LogP contribution in [0.3, 0.4) is 0 Å². The number of nitrogens with zero attached hydrogens (tertiary/aromatic N) is 2. The second-order valence-corrected chi connectivity index (χ2v) is 8.95. The minimum Gasteiger partial charge on any atom is -0.302 e. The molecule has 0 aromatic heterocycles. The highest BCUT2D eigenvalue weighted by atomic mass is 35.5. The Bertz CT molecular complexity index is 611. The predicted molar refractivity (Wildman–Crippen MR) is 95.8 cm³/mol. The quantitative estimate of drug-likeness (QED) is 0.753. The molecule has 0 N–H and O–H groups in total. The predicted octanol–water partition coefficient (Wildman–Crippen LogP) is 3.88. The first-order chi connectivity index (χ1) is 10.8. The Morgan fingerprint density at radius 1 is 1.04 bits per heavy atom. The van der Waals surface area contributed by atoms with Crippen LogP contribution in [0.5, 0.6) is 0 Å². The molecule has 7 heteroatoms. The van der Waals surface area contributed by atoms with E-state index in [0.29, 0.717) is 19.1 Å². The summed E-state index contributed by atoms with van der Waals surface area (Å²) in [7, 11) is -0.0425. The first-order valence-corrected chi connectivity index (χ1v) is 10.1. The van der Waals surface area contributed by atoms with Crippen LogP contribution in [-0.2, 0) is 10.0 Å². The molecule has 0 atom stereocenters. The third-order valence-electron chi connectivity index (χ3n) is 4.55. The van der Waals surface area contributed by atoms with Gasteiger partial charge in [-0.3, -0.25) is 0 Å². The zero-order chi connectivity index (χ0) is 17.0. The van der Waals surface area contributed by atoms with Crippen LogP contribution in [-0.4, -0.2) is 50.8 Å². The van der Waals surface area contributed by atoms with Crippen molar-refractivity contribution in [1.82, 2.24) is 9.21 Å². The SMILES string of the molecule is CN(CCN(C)S(=O)(=O)c1c(Cl)cccc1Cl)C1CCCCC1. The van der Waals surface area contributed by atoms with Gasteiger partial charge in [0.2, 0.25) is 10.0 Å². The van der Waals surface area contributed by atoms with Crippen LogP contribution in [0.1, 0.15) is 32.1 Å². The summed E-state index contributed by atoms with van der Waals surface area (Å²) in [6.45, 7) is 1.11. The van der Waals surface area contributed by atoms with E-state index in [4.69, 9.17) is 23.2 Å². The van der Waals surface area contributed by atoms with Crippen LogP contribution in [0.2, 0.25) is 10.0 Å². The largest absolute Gasteiger partial charge is 0.302 e. The summed E-state index contributed by atoms with van der Waals surface area (Å²) < 4.78 is 26.7. The summed E-state index contributed by atoms with van der Waals surface area (Å²) in [6.07, 6.45) is 6.23. The number of hydrogen-bond acceptors (Lipinski definition) is 3. The van der Waals surface area contributed by atoms with Gasteiger partial charge >= 0.3 is 0 Å². The van der Waals surface area contributed by atoms with Gasteiger partial charge in [0.1, 0.15) is 4.90 Å². The van der Waals surface area contributed by atoms with Crippen LogP contribution >= 0.6 is 23.2 Å². The smallest absolute Gasteiger partial charge is 0.245 e. The fraction of sp³-hybridized carbons (Fsp3) is 0.625. The molecule has 0 saturated heterocycles. The maximum absolute atomic E-state index is 12.7. The number of benzene rings is 1. The Balaban J connectivity index is 2.03. The molecule has 0 unspecified atom stereocenters. The van der Waals surface area contributed by atoms with E-state index in [9.17, 15) is 8.42 Å². The average Bonchev–Trinajstić information content (AvgIpc) is 2.52. The topological polar surface area (TPSA) is 40.6 Å². The molecule has 1 saturated carbocycles. The van der Waals surface area contributed by atoms with Crippen molar-refractivity contribution in [3.05, 3.63) is 28.2 Å². The lowest BCUT2D eigenvalue weighted by Gasteiger charge is -2.32. The highest BCUT2D eigenvalue weighted by Crippen LogP contribution is 2.31. The number of likely N-dealkylation sites (N-methyl/N-ethyl adjacent to an activating group) is 2. The molecule has 0 amide bonds. The number of sulfonamides is 1. The monoisotopic (exact) mass is 378 g/mol. The standard InChI is InChI=1S/C16H24Cl2N2O2S/c1-19(13-7-4-3-5-8-13)11-12-20(2)23(21,22)16-14(17)9-6-10-15(16)18/h6,9-10,13H,3-5,7-8,11-12H2,1-2H3. The Morgan fingerprint density at radius 2 is 1.61 bits per heavy atom. The van der Waals surface area contributed by atoms with E-state index in [1.54, 1.807) is 25.2 Å². The Labute approximate surface area is 149 Å². The highest BCUT2D eigenvalue weighted by Gasteiger charge is 2.27. The number of rotatable bonds is 6. The van der Waals surface area contributed by atoms with Gasteiger partial charge in [-0.1, -0.05) is 48.5 Å². The second kappa shape index (κ2) is 8.17. The number of halogens is 2. The minimum atomic E-state index is -3.68. The van der Waals surface area contributed by atoms with E-state index >= 15 is 0 Å². The van der Waals surface area contributed by atoms with Crippen LogP contribution in [0.25, 0.3) is 0 Å². The second-order valence-electron chi connectivity index (χ2n) is 6.15. The van der Waals surface area contributed by atoms with Gasteiger partial charge in [-0.05, 0) is 32.0 Å². The first-order valence-electron chi connectivity index (χ1n) is 7.94. The van der Waals surface area contributed by atoms with Crippen molar-refractivity contribution in [1.29, 1.82) is 0 Å². The van der Waals surface area contributed by atoms with E-state index < -0.39 is 10.0 Å². The molecule has 0 radical (unpaired) electrons. The third-order valence-corrected chi connectivity index (χ3v) is 7.37. The Hall–Kier alpha value is -0.330. The Kier molecular flexibility index (Phi) is 6.75. The molecule has 1 aromatic rings. The molecule has 4 nitrogen and oxygen atoms in total. The van der Waals surface area contributed by atoms with Crippen LogP contribution < -0.4 is 0 Å². The molecule has 1 fully saturated rings. The van der Waals surface area contributed by atoms with E-state index in [0.717, 1.165) is 0 Å². The molecular formula is C16H24Cl2N2O2S. The summed E-state index contributed by atoms with van der Waals surface area (Å²) >= 11 is 12.1. The highest BCUT2D eigenvalue weighted by molar-refractivity contribution is 7.89. The molecule has 0 spiro atoms. The van der Waals surface area contributed by atoms with Crippen molar-refractivity contribution in [2.45, 2.75) is 43.0 Å². The molecule has 130 valence electrons. The van der Waals surface area contributed by atoms with Gasteiger partial charge < -0.3 is 4.90 Å². The first kappa shape index (κ1) is 19.0. The summed E-state index contributed by atoms with van der Waals surface area (Å²) in [6, 6.07) is 5.29. The van der Waals surface area contributed by atoms with E-state index in [2.05, 4.69) is 11.9 Å². The van der Waals surface area contributed by atoms with Crippen molar-refractivity contribution >= 4 is 33.2 Å². The molecule has 0 aliphatic heterocycles. The van der Waals surface area contributed by atoms with Gasteiger partial charge in [0, 0.05) is 26.2 Å². The zero-order valence-electron chi connectivity index (χ0n) is 13.6. The van der Waals surface area contributed by atoms with Crippen molar-refractivity contribution in [2.75, 3.05) is 27.2 Å². The van der Waals surface area contributed by atoms with Crippen LogP contribution in [0.15, 0.2) is 23.1 Å². The van der Waals surface area contributed by atoms with Crippen molar-refractivity contribution in [2.24, 2.45) is 0 Å². The lowest BCUT2D eigenvalue weighted by molar-refractivity contribution is 0.184. The van der Waals surface area contributed by atoms with Crippen molar-refractivity contribution in [3.63, 3.8) is 0 Å². The fourth-order valence-electron chi connectivity index (χ4n) is 3.01. The molecule has 2 rings (SSSR count). The summed E-state index contributed by atoms with van der Waals surface area (Å²) in [5, 5.41) is 0.315. The Morgan fingerprint density at radius 3 is 2.17 bits per heavy atom. The maximum Gasteiger partial charge on any atom is 0.245 e. The normalized spacial score (nSPS) is 17.1. The number of hydrogen-bond donors (Lipinski definition) is 0. The third kappa shape index (κ3) is 4.60. The average molecular weight is 379 g/mol. The lowest BCUT2D eigenvalue weighted by Crippen LogP contribution is -2.40. The van der Waals surface area contributed by atoms with Gasteiger partial charge in [-0.15, -0.1) is 0 Å². The van der Waals surface area contributed by atoms with E-state index in [-0.39, 0.29) is 14.9 Å². The van der Waals surface area contributed by atoms with Crippen LogP contribution in [0.4, 0.5) is 0 Å². The lowest BCUT2D eigenvalue weighted by atomic mass is 9.94. The molecule has 0 bridgehead atoms. The fourth-order valence-corrected chi connectivity index (χ4v) is 5.25. The summed E-state index contributed by atoms with van der Waals surface area (Å²) in [5.41, 5.74) is 0. The van der Waals surface area contributed by atoms with Crippen molar-refractivity contribution < 1.29 is 8.42 Å². The zero-order valence-corrected chi connectivity index (χ0v) is 16.0. The molecular weight excluding hydrogens is 355 g/mol. The van der Waals surface area contributed by atoms with E-state index in [1.165, 1.54) is 36.4 Å². The van der Waals surface area contributed by atoms with E-state index in [1.807, 2.05) is 0 Å².